The summed E-state index contributed by atoms with van der Waals surface area (Å²) in [6, 6.07) is 0. The van der Waals surface area contributed by atoms with Gasteiger partial charge in [0.2, 0.25) is 0 Å². The van der Waals surface area contributed by atoms with E-state index in [0.717, 1.165) is 17.8 Å². The quantitative estimate of drug-likeness (QED) is 0.657. The molecule has 0 atom stereocenters. The molecule has 0 saturated heterocycles. The lowest BCUT2D eigenvalue weighted by Gasteiger charge is -2.00. The third-order valence-electron chi connectivity index (χ3n) is 1.60. The second-order valence-electron chi connectivity index (χ2n) is 2.47. The standard InChI is InChI=1S/C7H8N4.C2H6/c1-4-10-5-2-3-9-6(5)7(8)11-4;1-2/h3H,2H2,1H3,(H2,8,10,11);1-2H3. The van der Waals surface area contributed by atoms with E-state index in [9.17, 15) is 0 Å². The molecule has 1 aliphatic heterocycles. The molecule has 4 heteroatoms. The summed E-state index contributed by atoms with van der Waals surface area (Å²) in [5, 5.41) is 0. The van der Waals surface area contributed by atoms with Gasteiger partial charge in [-0.3, -0.25) is 4.99 Å². The van der Waals surface area contributed by atoms with E-state index in [4.69, 9.17) is 5.73 Å². The fourth-order valence-corrected chi connectivity index (χ4v) is 1.15. The van der Waals surface area contributed by atoms with Crippen LogP contribution in [0.4, 0.5) is 11.5 Å². The van der Waals surface area contributed by atoms with E-state index in [1.54, 1.807) is 6.21 Å². The summed E-state index contributed by atoms with van der Waals surface area (Å²) < 4.78 is 0. The maximum Gasteiger partial charge on any atom is 0.153 e. The van der Waals surface area contributed by atoms with Gasteiger partial charge in [-0.1, -0.05) is 13.8 Å². The molecule has 2 N–H and O–H groups in total. The molecule has 1 aliphatic rings. The number of nitrogens with two attached hydrogens (primary N) is 1. The smallest absolute Gasteiger partial charge is 0.153 e. The lowest BCUT2D eigenvalue weighted by Crippen LogP contribution is -1.98. The van der Waals surface area contributed by atoms with Gasteiger partial charge in [-0.05, 0) is 6.92 Å². The number of rotatable bonds is 0. The van der Waals surface area contributed by atoms with E-state index in [-0.39, 0.29) is 0 Å². The summed E-state index contributed by atoms with van der Waals surface area (Å²) in [4.78, 5) is 12.3. The molecule has 1 aromatic heterocycles. The molecule has 2 heterocycles. The highest BCUT2D eigenvalue weighted by Crippen LogP contribution is 2.27. The fraction of sp³-hybridized carbons (Fsp3) is 0.444. The van der Waals surface area contributed by atoms with E-state index in [1.807, 2.05) is 20.8 Å². The SMILES string of the molecule is CC.Cc1nc(N)c2c(n1)CC=N2. The zero-order valence-corrected chi connectivity index (χ0v) is 8.20. The lowest BCUT2D eigenvalue weighted by atomic mass is 10.3. The largest absolute Gasteiger partial charge is 0.382 e. The third kappa shape index (κ3) is 1.83. The fourth-order valence-electron chi connectivity index (χ4n) is 1.15. The molecular weight excluding hydrogens is 164 g/mol. The second-order valence-corrected chi connectivity index (χ2v) is 2.47. The lowest BCUT2D eigenvalue weighted by molar-refractivity contribution is 1.01. The number of anilines is 1. The average Bonchev–Trinajstić information content (AvgIpc) is 2.55. The molecule has 0 saturated carbocycles. The molecule has 0 bridgehead atoms. The molecule has 0 unspecified atom stereocenters. The van der Waals surface area contributed by atoms with Crippen LogP contribution in [0.25, 0.3) is 0 Å². The van der Waals surface area contributed by atoms with Crippen LogP contribution in [0.5, 0.6) is 0 Å². The zero-order chi connectivity index (χ0) is 9.84. The average molecular weight is 178 g/mol. The van der Waals surface area contributed by atoms with Gasteiger partial charge in [-0.15, -0.1) is 0 Å². The van der Waals surface area contributed by atoms with Crippen LogP contribution < -0.4 is 5.73 Å². The van der Waals surface area contributed by atoms with Gasteiger partial charge in [0.05, 0.1) is 5.69 Å². The summed E-state index contributed by atoms with van der Waals surface area (Å²) in [6.45, 7) is 5.83. The Morgan fingerprint density at radius 3 is 2.69 bits per heavy atom. The number of fused-ring (bicyclic) bond motifs is 1. The van der Waals surface area contributed by atoms with Gasteiger partial charge < -0.3 is 5.73 Å². The van der Waals surface area contributed by atoms with Gasteiger partial charge in [0, 0.05) is 12.6 Å². The minimum atomic E-state index is 0.487. The van der Waals surface area contributed by atoms with Crippen LogP contribution in [0, 0.1) is 6.92 Å². The van der Waals surface area contributed by atoms with Crippen LogP contribution in [0.1, 0.15) is 25.4 Å². The number of nitrogen functional groups attached to an aromatic ring is 1. The highest BCUT2D eigenvalue weighted by molar-refractivity contribution is 5.79. The topological polar surface area (TPSA) is 64.2 Å². The third-order valence-corrected chi connectivity index (χ3v) is 1.60. The van der Waals surface area contributed by atoms with Crippen molar-refractivity contribution in [3.8, 4) is 0 Å². The van der Waals surface area contributed by atoms with Crippen molar-refractivity contribution in [2.45, 2.75) is 27.2 Å². The molecule has 0 aromatic carbocycles. The van der Waals surface area contributed by atoms with Crippen molar-refractivity contribution >= 4 is 17.7 Å². The summed E-state index contributed by atoms with van der Waals surface area (Å²) >= 11 is 0. The van der Waals surface area contributed by atoms with Crippen molar-refractivity contribution in [1.29, 1.82) is 0 Å². The van der Waals surface area contributed by atoms with E-state index in [1.165, 1.54) is 0 Å². The Balaban J connectivity index is 0.000000396. The number of hydrogen-bond acceptors (Lipinski definition) is 4. The molecule has 4 nitrogen and oxygen atoms in total. The minimum absolute atomic E-state index is 0.487. The highest BCUT2D eigenvalue weighted by atomic mass is 15.0. The Bertz CT molecular complexity index is 331. The van der Waals surface area contributed by atoms with Gasteiger partial charge in [0.25, 0.3) is 0 Å². The Labute approximate surface area is 77.9 Å². The first-order valence-electron chi connectivity index (χ1n) is 4.43. The Morgan fingerprint density at radius 1 is 1.31 bits per heavy atom. The summed E-state index contributed by atoms with van der Waals surface area (Å²) in [5.41, 5.74) is 7.29. The molecule has 70 valence electrons. The van der Waals surface area contributed by atoms with E-state index in [2.05, 4.69) is 15.0 Å². The number of nitrogens with zero attached hydrogens (tertiary/aromatic N) is 3. The first-order chi connectivity index (χ1) is 6.27. The van der Waals surface area contributed by atoms with Crippen molar-refractivity contribution in [3.05, 3.63) is 11.5 Å². The second kappa shape index (κ2) is 3.98. The van der Waals surface area contributed by atoms with Gasteiger partial charge >= 0.3 is 0 Å². The summed E-state index contributed by atoms with van der Waals surface area (Å²) in [6.07, 6.45) is 2.58. The van der Waals surface area contributed by atoms with Crippen LogP contribution in [0.2, 0.25) is 0 Å². The van der Waals surface area contributed by atoms with Crippen LogP contribution in [0.15, 0.2) is 4.99 Å². The van der Waals surface area contributed by atoms with E-state index in [0.29, 0.717) is 11.6 Å². The monoisotopic (exact) mass is 178 g/mol. The number of hydrogen-bond donors (Lipinski definition) is 1. The zero-order valence-electron chi connectivity index (χ0n) is 8.20. The number of aromatic nitrogens is 2. The Hall–Kier alpha value is -1.45. The first-order valence-corrected chi connectivity index (χ1v) is 4.43. The van der Waals surface area contributed by atoms with Crippen molar-refractivity contribution in [3.63, 3.8) is 0 Å². The van der Waals surface area contributed by atoms with Crippen LogP contribution in [0.3, 0.4) is 0 Å². The van der Waals surface area contributed by atoms with Crippen molar-refractivity contribution < 1.29 is 0 Å². The summed E-state index contributed by atoms with van der Waals surface area (Å²) in [7, 11) is 0. The molecule has 0 fully saturated rings. The van der Waals surface area contributed by atoms with E-state index < -0.39 is 0 Å². The van der Waals surface area contributed by atoms with Gasteiger partial charge in [-0.2, -0.15) is 0 Å². The molecule has 1 aromatic rings. The molecule has 13 heavy (non-hydrogen) atoms. The maximum absolute atomic E-state index is 5.61. The van der Waals surface area contributed by atoms with E-state index >= 15 is 0 Å². The minimum Gasteiger partial charge on any atom is -0.382 e. The molecule has 0 amide bonds. The van der Waals surface area contributed by atoms with Crippen LogP contribution in [-0.2, 0) is 6.42 Å². The molecule has 0 aliphatic carbocycles. The predicted molar refractivity (Wildman–Crippen MR) is 54.4 cm³/mol. The van der Waals surface area contributed by atoms with Gasteiger partial charge in [0.15, 0.2) is 5.82 Å². The first kappa shape index (κ1) is 9.64. The molecular formula is C9H14N4. The summed E-state index contributed by atoms with van der Waals surface area (Å²) in [5.74, 6) is 1.20. The van der Waals surface area contributed by atoms with Gasteiger partial charge in [-0.25, -0.2) is 9.97 Å². The predicted octanol–water partition coefficient (Wildman–Crippen LogP) is 1.65. The van der Waals surface area contributed by atoms with Crippen LogP contribution in [-0.4, -0.2) is 16.2 Å². The highest BCUT2D eigenvalue weighted by Gasteiger charge is 2.12. The van der Waals surface area contributed by atoms with Crippen molar-refractivity contribution in [2.75, 3.05) is 5.73 Å². The van der Waals surface area contributed by atoms with Crippen molar-refractivity contribution in [1.82, 2.24) is 9.97 Å². The number of aryl methyl sites for hydroxylation is 1. The molecule has 2 rings (SSSR count). The van der Waals surface area contributed by atoms with Crippen molar-refractivity contribution in [2.24, 2.45) is 4.99 Å². The Morgan fingerprint density at radius 2 is 2.00 bits per heavy atom. The Kier molecular flexibility index (Phi) is 2.95. The maximum atomic E-state index is 5.61. The molecule has 0 radical (unpaired) electrons. The normalized spacial score (nSPS) is 11.9. The molecule has 0 spiro atoms. The van der Waals surface area contributed by atoms with Gasteiger partial charge in [0.1, 0.15) is 11.5 Å². The van der Waals surface area contributed by atoms with Crippen LogP contribution >= 0.6 is 0 Å². The number of aliphatic imine (C=N–C) groups is 1.